The summed E-state index contributed by atoms with van der Waals surface area (Å²) in [6.07, 6.45) is -3.68. The Labute approximate surface area is 216 Å². The zero-order valence-corrected chi connectivity index (χ0v) is 20.8. The number of aliphatic hydroxyl groups is 2. The molecule has 2 heterocycles. The summed E-state index contributed by atoms with van der Waals surface area (Å²) in [7, 11) is 0. The Kier molecular flexibility index (Phi) is 8.71. The van der Waals surface area contributed by atoms with Crippen molar-refractivity contribution < 1.29 is 24.5 Å². The predicted octanol–water partition coefficient (Wildman–Crippen LogP) is 1.66. The molecule has 2 atom stereocenters. The quantitative estimate of drug-likeness (QED) is 0.406. The number of benzene rings is 2. The molecule has 194 valence electrons. The van der Waals surface area contributed by atoms with E-state index in [0.29, 0.717) is 38.5 Å². The average molecular weight is 505 g/mol. The summed E-state index contributed by atoms with van der Waals surface area (Å²) >= 11 is 0. The highest BCUT2D eigenvalue weighted by atomic mass is 16.5. The number of hydrogen-bond acceptors (Lipinski definition) is 7. The molecule has 1 aliphatic heterocycles. The maximum absolute atomic E-state index is 12.7. The molecule has 2 aromatic carbocycles. The number of anilines is 1. The molecule has 1 aliphatic rings. The molecule has 0 spiro atoms. The van der Waals surface area contributed by atoms with Crippen molar-refractivity contribution in [2.75, 3.05) is 31.1 Å². The van der Waals surface area contributed by atoms with Crippen LogP contribution in [0.3, 0.4) is 0 Å². The van der Waals surface area contributed by atoms with Crippen molar-refractivity contribution in [3.8, 4) is 5.75 Å². The summed E-state index contributed by atoms with van der Waals surface area (Å²) in [5, 5.41) is 23.2. The summed E-state index contributed by atoms with van der Waals surface area (Å²) in [4.78, 5) is 33.1. The Balaban J connectivity index is 1.21. The maximum atomic E-state index is 12.7. The lowest BCUT2D eigenvalue weighted by Gasteiger charge is -2.37. The summed E-state index contributed by atoms with van der Waals surface area (Å²) in [5.41, 5.74) is 3.60. The van der Waals surface area contributed by atoms with Crippen molar-refractivity contribution in [2.45, 2.75) is 32.3 Å². The molecular formula is C28H32N4O5. The van der Waals surface area contributed by atoms with Gasteiger partial charge in [-0.2, -0.15) is 0 Å². The first-order chi connectivity index (χ1) is 17.9. The highest BCUT2D eigenvalue weighted by molar-refractivity contribution is 5.90. The smallest absolute Gasteiger partial charge is 0.254 e. The Bertz CT molecular complexity index is 1180. The van der Waals surface area contributed by atoms with Crippen LogP contribution in [0.4, 0.5) is 5.69 Å². The number of amides is 2. The minimum atomic E-state index is -1.86. The van der Waals surface area contributed by atoms with E-state index in [1.165, 1.54) is 4.90 Å². The number of aliphatic hydroxyl groups excluding tert-OH is 2. The molecule has 0 saturated carbocycles. The van der Waals surface area contributed by atoms with Crippen molar-refractivity contribution >= 4 is 17.5 Å². The van der Waals surface area contributed by atoms with Gasteiger partial charge in [-0.15, -0.1) is 0 Å². The Hall–Kier alpha value is -3.95. The van der Waals surface area contributed by atoms with Gasteiger partial charge in [-0.1, -0.05) is 36.4 Å². The second-order valence-corrected chi connectivity index (χ2v) is 8.96. The fourth-order valence-corrected chi connectivity index (χ4v) is 4.12. The van der Waals surface area contributed by atoms with Gasteiger partial charge in [0.05, 0.1) is 5.69 Å². The molecule has 3 aromatic rings. The summed E-state index contributed by atoms with van der Waals surface area (Å²) in [5.74, 6) is -0.804. The first kappa shape index (κ1) is 26.1. The van der Waals surface area contributed by atoms with E-state index in [1.54, 1.807) is 24.3 Å². The van der Waals surface area contributed by atoms with Gasteiger partial charge in [0.2, 0.25) is 0 Å². The SMILES string of the molecule is Cc1cccc(COc2ccc(CNC(=O)[C@H](O)[C@@H](O)C(=O)N3CCN(c4ccccc4)CC3)cc2)n1. The second kappa shape index (κ2) is 12.3. The molecule has 1 aromatic heterocycles. The summed E-state index contributed by atoms with van der Waals surface area (Å²) in [6.45, 7) is 4.40. The number of aromatic nitrogens is 1. The monoisotopic (exact) mass is 504 g/mol. The first-order valence-electron chi connectivity index (χ1n) is 12.3. The molecule has 0 aliphatic carbocycles. The van der Waals surface area contributed by atoms with E-state index in [-0.39, 0.29) is 6.54 Å². The van der Waals surface area contributed by atoms with Crippen LogP contribution in [-0.2, 0) is 22.7 Å². The molecule has 3 N–H and O–H groups in total. The number of ether oxygens (including phenoxy) is 1. The molecule has 0 unspecified atom stereocenters. The average Bonchev–Trinajstić information content (AvgIpc) is 2.94. The number of rotatable bonds is 9. The second-order valence-electron chi connectivity index (χ2n) is 8.96. The number of nitrogens with zero attached hydrogens (tertiary/aromatic N) is 3. The molecule has 0 bridgehead atoms. The summed E-state index contributed by atoms with van der Waals surface area (Å²) in [6, 6.07) is 22.8. The van der Waals surface area contributed by atoms with E-state index < -0.39 is 24.0 Å². The zero-order valence-electron chi connectivity index (χ0n) is 20.8. The van der Waals surface area contributed by atoms with Gasteiger partial charge in [-0.05, 0) is 48.9 Å². The lowest BCUT2D eigenvalue weighted by Crippen LogP contribution is -2.55. The topological polar surface area (TPSA) is 115 Å². The largest absolute Gasteiger partial charge is 0.487 e. The van der Waals surface area contributed by atoms with Crippen molar-refractivity contribution in [3.05, 3.63) is 89.7 Å². The van der Waals surface area contributed by atoms with Crippen LogP contribution in [0.25, 0.3) is 0 Å². The van der Waals surface area contributed by atoms with E-state index in [2.05, 4.69) is 15.2 Å². The summed E-state index contributed by atoms with van der Waals surface area (Å²) < 4.78 is 5.74. The zero-order chi connectivity index (χ0) is 26.2. The lowest BCUT2D eigenvalue weighted by molar-refractivity contribution is -0.153. The van der Waals surface area contributed by atoms with Gasteiger partial charge in [0, 0.05) is 44.1 Å². The highest BCUT2D eigenvalue weighted by Crippen LogP contribution is 2.17. The van der Waals surface area contributed by atoms with Crippen molar-refractivity contribution in [1.29, 1.82) is 0 Å². The van der Waals surface area contributed by atoms with Gasteiger partial charge in [0.15, 0.2) is 12.2 Å². The fraction of sp³-hybridized carbons (Fsp3) is 0.321. The van der Waals surface area contributed by atoms with Crippen molar-refractivity contribution in [3.63, 3.8) is 0 Å². The van der Waals surface area contributed by atoms with Gasteiger partial charge >= 0.3 is 0 Å². The standard InChI is InChI=1S/C28H32N4O5/c1-20-6-5-7-22(30-20)19-37-24-12-10-21(11-13-24)18-29-27(35)25(33)26(34)28(36)32-16-14-31(15-17-32)23-8-3-2-4-9-23/h2-13,25-26,33-34H,14-19H2,1H3,(H,29,35)/t25-,26-/m1/s1. The van der Waals surface area contributed by atoms with Crippen LogP contribution in [0.5, 0.6) is 5.75 Å². The highest BCUT2D eigenvalue weighted by Gasteiger charge is 2.34. The van der Waals surface area contributed by atoms with Gasteiger partial charge in [0.25, 0.3) is 11.8 Å². The third-order valence-corrected chi connectivity index (χ3v) is 6.26. The van der Waals surface area contributed by atoms with Gasteiger partial charge in [-0.25, -0.2) is 0 Å². The maximum Gasteiger partial charge on any atom is 0.254 e. The van der Waals surface area contributed by atoms with Crippen LogP contribution in [0.2, 0.25) is 0 Å². The number of aryl methyl sites for hydroxylation is 1. The van der Waals surface area contributed by atoms with Gasteiger partial charge < -0.3 is 30.1 Å². The van der Waals surface area contributed by atoms with Crippen molar-refractivity contribution in [1.82, 2.24) is 15.2 Å². The van der Waals surface area contributed by atoms with E-state index in [0.717, 1.165) is 22.6 Å². The van der Waals surface area contributed by atoms with E-state index in [9.17, 15) is 19.8 Å². The van der Waals surface area contributed by atoms with Gasteiger partial charge in [0.1, 0.15) is 12.4 Å². The van der Waals surface area contributed by atoms with Crippen LogP contribution in [-0.4, -0.2) is 70.3 Å². The Morgan fingerprint density at radius 3 is 2.30 bits per heavy atom. The Morgan fingerprint density at radius 2 is 1.62 bits per heavy atom. The van der Waals surface area contributed by atoms with E-state index in [1.807, 2.05) is 55.5 Å². The number of pyridine rings is 1. The number of para-hydroxylation sites is 1. The number of carbonyl (C=O) groups excluding carboxylic acids is 2. The van der Waals surface area contributed by atoms with Crippen LogP contribution >= 0.6 is 0 Å². The Morgan fingerprint density at radius 1 is 0.919 bits per heavy atom. The fourth-order valence-electron chi connectivity index (χ4n) is 4.12. The minimum absolute atomic E-state index is 0.131. The number of nitrogens with one attached hydrogen (secondary N) is 1. The first-order valence-corrected chi connectivity index (χ1v) is 12.3. The number of carbonyl (C=O) groups is 2. The normalized spacial score (nSPS) is 15.1. The predicted molar refractivity (Wildman–Crippen MR) is 139 cm³/mol. The van der Waals surface area contributed by atoms with Crippen LogP contribution < -0.4 is 15.0 Å². The van der Waals surface area contributed by atoms with Crippen molar-refractivity contribution in [2.24, 2.45) is 0 Å². The molecule has 4 rings (SSSR count). The molecular weight excluding hydrogens is 472 g/mol. The molecule has 9 heteroatoms. The van der Waals surface area contributed by atoms with Crippen LogP contribution in [0, 0.1) is 6.92 Å². The van der Waals surface area contributed by atoms with E-state index in [4.69, 9.17) is 4.74 Å². The molecule has 1 fully saturated rings. The third kappa shape index (κ3) is 7.05. The lowest BCUT2D eigenvalue weighted by atomic mass is 10.1. The molecule has 2 amide bonds. The van der Waals surface area contributed by atoms with Crippen LogP contribution in [0.15, 0.2) is 72.8 Å². The van der Waals surface area contributed by atoms with Gasteiger partial charge in [-0.3, -0.25) is 14.6 Å². The minimum Gasteiger partial charge on any atom is -0.487 e. The number of piperazine rings is 1. The van der Waals surface area contributed by atoms with E-state index >= 15 is 0 Å². The molecule has 37 heavy (non-hydrogen) atoms. The third-order valence-electron chi connectivity index (χ3n) is 6.26. The molecule has 0 radical (unpaired) electrons. The molecule has 9 nitrogen and oxygen atoms in total. The molecule has 1 saturated heterocycles. The van der Waals surface area contributed by atoms with Crippen LogP contribution in [0.1, 0.15) is 17.0 Å². The number of hydrogen-bond donors (Lipinski definition) is 3.